The largest absolute Gasteiger partial charge is 0.309 e. The number of hydrogen-bond acceptors (Lipinski definition) is 6. The van der Waals surface area contributed by atoms with Crippen LogP contribution in [0.15, 0.2) is 31.8 Å². The molecule has 2 nitrogen and oxygen atoms in total. The smallest absolute Gasteiger partial charge is 0.0902 e. The second-order valence-corrected chi connectivity index (χ2v) is 10.6. The van der Waals surface area contributed by atoms with E-state index in [-0.39, 0.29) is 0 Å². The van der Waals surface area contributed by atoms with Gasteiger partial charge in [0.05, 0.1) is 40.8 Å². The highest BCUT2D eigenvalue weighted by atomic mass is 79.9. The maximum Gasteiger partial charge on any atom is 0.0902 e. The van der Waals surface area contributed by atoms with Crippen molar-refractivity contribution in [2.75, 3.05) is 9.44 Å². The third-order valence-corrected chi connectivity index (χ3v) is 8.22. The molecule has 0 aromatic carbocycles. The van der Waals surface area contributed by atoms with Crippen LogP contribution >= 0.6 is 78.0 Å². The van der Waals surface area contributed by atoms with Gasteiger partial charge in [0, 0.05) is 9.75 Å². The first-order chi connectivity index (χ1) is 9.72. The van der Waals surface area contributed by atoms with Crippen molar-refractivity contribution in [3.05, 3.63) is 31.8 Å². The normalized spacial score (nSPS) is 13.1. The Kier molecular flexibility index (Phi) is 3.64. The Labute approximate surface area is 149 Å². The number of nitrogens with one attached hydrogen (secondary N) is 2. The second kappa shape index (κ2) is 5.33. The van der Waals surface area contributed by atoms with Crippen LogP contribution in [0, 0.1) is 0 Å². The first-order valence-corrected chi connectivity index (χ1v) is 10.4. The first kappa shape index (κ1) is 13.7. The van der Waals surface area contributed by atoms with Crippen LogP contribution in [-0.4, -0.2) is 0 Å². The lowest BCUT2D eigenvalue weighted by Crippen LogP contribution is -1.79. The van der Waals surface area contributed by atoms with Gasteiger partial charge in [0.1, 0.15) is 0 Å². The number of fused-ring (bicyclic) bond motifs is 1. The van der Waals surface area contributed by atoms with Crippen LogP contribution in [0.5, 0.6) is 0 Å². The summed E-state index contributed by atoms with van der Waals surface area (Å²) in [7, 11) is 0. The predicted octanol–water partition coefficient (Wildman–Crippen LogP) is 7.13. The van der Waals surface area contributed by atoms with Crippen molar-refractivity contribution in [2.24, 2.45) is 0 Å². The third kappa shape index (κ3) is 2.26. The van der Waals surface area contributed by atoms with Gasteiger partial charge in [0.25, 0.3) is 0 Å². The van der Waals surface area contributed by atoms with Gasteiger partial charge in [0.2, 0.25) is 0 Å². The molecule has 3 aromatic heterocycles. The van der Waals surface area contributed by atoms with Crippen LogP contribution in [0.3, 0.4) is 0 Å². The summed E-state index contributed by atoms with van der Waals surface area (Å²) in [6, 6.07) is 8.53. The van der Waals surface area contributed by atoms with Gasteiger partial charge in [-0.05, 0) is 56.1 Å². The third-order valence-electron chi connectivity index (χ3n) is 2.81. The Balaban J connectivity index is 1.90. The van der Waals surface area contributed by atoms with E-state index in [0.29, 0.717) is 0 Å². The van der Waals surface area contributed by atoms with Crippen molar-refractivity contribution in [3.63, 3.8) is 0 Å². The molecule has 2 N–H and O–H groups in total. The Morgan fingerprint density at radius 3 is 1.60 bits per heavy atom. The lowest BCUT2D eigenvalue weighted by molar-refractivity contribution is 1.84. The molecule has 4 rings (SSSR count). The van der Waals surface area contributed by atoms with Crippen LogP contribution in [0.25, 0.3) is 19.5 Å². The highest BCUT2D eigenvalue weighted by Crippen LogP contribution is 2.55. The van der Waals surface area contributed by atoms with Crippen LogP contribution < -0.4 is 9.44 Å². The molecule has 0 unspecified atom stereocenters. The Hall–Kier alpha value is 0.01000. The van der Waals surface area contributed by atoms with Gasteiger partial charge >= 0.3 is 0 Å². The Bertz CT molecular complexity index is 727. The van der Waals surface area contributed by atoms with E-state index < -0.39 is 0 Å². The van der Waals surface area contributed by atoms with Gasteiger partial charge in [-0.1, -0.05) is 0 Å². The first-order valence-electron chi connectivity index (χ1n) is 5.58. The van der Waals surface area contributed by atoms with E-state index in [2.05, 4.69) is 65.6 Å². The highest BCUT2D eigenvalue weighted by molar-refractivity contribution is 9.11. The van der Waals surface area contributed by atoms with Gasteiger partial charge in [-0.2, -0.15) is 0 Å². The molecule has 4 heterocycles. The van der Waals surface area contributed by atoms with Crippen LogP contribution in [0.4, 0.5) is 11.4 Å². The zero-order valence-corrected chi connectivity index (χ0v) is 16.1. The number of rotatable bonds is 2. The van der Waals surface area contributed by atoms with Gasteiger partial charge in [0.15, 0.2) is 0 Å². The summed E-state index contributed by atoms with van der Waals surface area (Å²) >= 11 is 14.0. The molecule has 1 aliphatic heterocycles. The van der Waals surface area contributed by atoms with E-state index in [1.54, 1.807) is 22.7 Å². The van der Waals surface area contributed by atoms with Crippen molar-refractivity contribution < 1.29 is 0 Å². The summed E-state index contributed by atoms with van der Waals surface area (Å²) in [5.74, 6) is 0. The number of anilines is 2. The standard InChI is InChI=1S/C12H6Br2N2S4/c13-7-3-1-5(17-7)11-9-10(16-20-15-9)12(19-11)6-2-4-8(14)18-6/h1-4,15-16H. The predicted molar refractivity (Wildman–Crippen MR) is 101 cm³/mol. The van der Waals surface area contributed by atoms with Crippen LogP contribution in [-0.2, 0) is 0 Å². The zero-order valence-electron chi connectivity index (χ0n) is 9.70. The molecule has 0 fully saturated rings. The molecule has 0 atom stereocenters. The summed E-state index contributed by atoms with van der Waals surface area (Å²) < 4.78 is 9.07. The summed E-state index contributed by atoms with van der Waals surface area (Å²) in [4.78, 5) is 5.18. The minimum atomic E-state index is 1.16. The fourth-order valence-corrected chi connectivity index (χ4v) is 6.98. The summed E-state index contributed by atoms with van der Waals surface area (Å²) in [5, 5.41) is 0. The highest BCUT2D eigenvalue weighted by Gasteiger charge is 2.26. The van der Waals surface area contributed by atoms with E-state index in [9.17, 15) is 0 Å². The Morgan fingerprint density at radius 2 is 1.20 bits per heavy atom. The molecule has 0 saturated carbocycles. The minimum absolute atomic E-state index is 1.16. The number of halogens is 2. The molecule has 0 aliphatic carbocycles. The summed E-state index contributed by atoms with van der Waals surface area (Å²) in [5.41, 5.74) is 2.41. The van der Waals surface area contributed by atoms with Gasteiger partial charge < -0.3 is 9.44 Å². The van der Waals surface area contributed by atoms with Gasteiger partial charge in [-0.3, -0.25) is 0 Å². The molecule has 0 bridgehead atoms. The van der Waals surface area contributed by atoms with Crippen LogP contribution in [0.2, 0.25) is 0 Å². The molecule has 1 aliphatic rings. The zero-order chi connectivity index (χ0) is 13.7. The van der Waals surface area contributed by atoms with Crippen molar-refractivity contribution in [1.29, 1.82) is 0 Å². The molecule has 20 heavy (non-hydrogen) atoms. The molecule has 0 spiro atoms. The minimum Gasteiger partial charge on any atom is -0.309 e. The van der Waals surface area contributed by atoms with Crippen molar-refractivity contribution >= 4 is 89.4 Å². The summed E-state index contributed by atoms with van der Waals surface area (Å²) in [6.45, 7) is 0. The molecular weight excluding hydrogens is 460 g/mol. The molecule has 102 valence electrons. The molecule has 3 aromatic rings. The van der Waals surface area contributed by atoms with Crippen LogP contribution in [0.1, 0.15) is 0 Å². The lowest BCUT2D eigenvalue weighted by Gasteiger charge is -1.97. The summed E-state index contributed by atoms with van der Waals surface area (Å²) in [6.07, 6.45) is 0. The van der Waals surface area contributed by atoms with Crippen molar-refractivity contribution in [2.45, 2.75) is 0 Å². The maximum absolute atomic E-state index is 3.54. The lowest BCUT2D eigenvalue weighted by atomic mass is 10.2. The molecule has 0 amide bonds. The van der Waals surface area contributed by atoms with Crippen molar-refractivity contribution in [3.8, 4) is 19.5 Å². The van der Waals surface area contributed by atoms with Gasteiger partial charge in [-0.15, -0.1) is 34.0 Å². The molecule has 0 saturated heterocycles. The maximum atomic E-state index is 3.54. The van der Waals surface area contributed by atoms with E-state index in [4.69, 9.17) is 0 Å². The average molecular weight is 466 g/mol. The number of thiophene rings is 3. The van der Waals surface area contributed by atoms with E-state index in [0.717, 1.165) is 7.57 Å². The fourth-order valence-electron chi connectivity index (χ4n) is 1.97. The SMILES string of the molecule is Brc1ccc(-c2sc(-c3ccc(Br)s3)c3c2NSN3)s1. The average Bonchev–Trinajstić information content (AvgIpc) is 3.12. The Morgan fingerprint density at radius 1 is 0.700 bits per heavy atom. The topological polar surface area (TPSA) is 24.1 Å². The molecule has 0 radical (unpaired) electrons. The molecule has 8 heteroatoms. The van der Waals surface area contributed by atoms with E-state index in [1.165, 1.54) is 43.0 Å². The monoisotopic (exact) mass is 464 g/mol. The number of hydrogen-bond donors (Lipinski definition) is 2. The fraction of sp³-hybridized carbons (Fsp3) is 0. The quantitative estimate of drug-likeness (QED) is 0.393. The second-order valence-electron chi connectivity index (χ2n) is 4.02. The molecular formula is C12H6Br2N2S4. The van der Waals surface area contributed by atoms with Crippen molar-refractivity contribution in [1.82, 2.24) is 0 Å². The van der Waals surface area contributed by atoms with Gasteiger partial charge in [-0.25, -0.2) is 0 Å². The van der Waals surface area contributed by atoms with E-state index >= 15 is 0 Å². The van der Waals surface area contributed by atoms with E-state index in [1.807, 2.05) is 11.3 Å².